The van der Waals surface area contributed by atoms with Gasteiger partial charge >= 0.3 is 18.5 Å². The van der Waals surface area contributed by atoms with Crippen LogP contribution >= 0.6 is 23.5 Å². The molecule has 1 amide bonds. The zero-order valence-electron chi connectivity index (χ0n) is 21.0. The van der Waals surface area contributed by atoms with Crippen LogP contribution in [-0.4, -0.2) is 24.8 Å². The molecule has 2 heterocycles. The lowest BCUT2D eigenvalue weighted by atomic mass is 10.0. The van der Waals surface area contributed by atoms with Gasteiger partial charge in [0.05, 0.1) is 46.8 Å². The molecule has 3 aromatic carbocycles. The summed E-state index contributed by atoms with van der Waals surface area (Å²) in [5.41, 5.74) is -3.38. The Labute approximate surface area is 240 Å². The Balaban J connectivity index is 0.000000258. The second-order valence-electron chi connectivity index (χ2n) is 8.58. The van der Waals surface area contributed by atoms with Crippen LogP contribution in [0.5, 0.6) is 5.75 Å². The second kappa shape index (κ2) is 11.5. The van der Waals surface area contributed by atoms with Crippen molar-refractivity contribution in [2.24, 2.45) is 0 Å². The van der Waals surface area contributed by atoms with Gasteiger partial charge in [-0.3, -0.25) is 9.69 Å². The van der Waals surface area contributed by atoms with Gasteiger partial charge in [-0.2, -0.15) is 44.8 Å². The highest BCUT2D eigenvalue weighted by Gasteiger charge is 2.39. The van der Waals surface area contributed by atoms with E-state index in [9.17, 15) is 44.3 Å². The van der Waals surface area contributed by atoms with E-state index in [0.29, 0.717) is 22.5 Å². The quantitative estimate of drug-likeness (QED) is 0.285. The highest BCUT2D eigenvalue weighted by atomic mass is 32.2. The highest BCUT2D eigenvalue weighted by Crippen LogP contribution is 2.44. The molecule has 0 saturated heterocycles. The first-order valence-electron chi connectivity index (χ1n) is 11.5. The van der Waals surface area contributed by atoms with Gasteiger partial charge in [-0.1, -0.05) is 0 Å². The van der Waals surface area contributed by atoms with Gasteiger partial charge in [-0.15, -0.1) is 23.5 Å². The molecule has 1 N–H and O–H groups in total. The molecule has 5 rings (SSSR count). The van der Waals surface area contributed by atoms with Crippen molar-refractivity contribution < 1.29 is 49.0 Å². The lowest BCUT2D eigenvalue weighted by Crippen LogP contribution is -2.28. The molecule has 2 aliphatic rings. The lowest BCUT2D eigenvalue weighted by molar-refractivity contribution is -0.139. The molecule has 0 fully saturated rings. The topological polar surface area (TPSA) is 65.4 Å². The molecule has 222 valence electrons. The van der Waals surface area contributed by atoms with Crippen LogP contribution in [0.2, 0.25) is 0 Å². The van der Waals surface area contributed by atoms with Crippen LogP contribution in [0.1, 0.15) is 32.6 Å². The van der Waals surface area contributed by atoms with Crippen molar-refractivity contribution in [1.29, 1.82) is 5.26 Å². The van der Waals surface area contributed by atoms with Crippen molar-refractivity contribution in [3.63, 3.8) is 0 Å². The van der Waals surface area contributed by atoms with Gasteiger partial charge in [-0.25, -0.2) is 0 Å². The lowest BCUT2D eigenvalue weighted by Gasteiger charge is -2.20. The molecule has 0 aliphatic carbocycles. The first-order valence-corrected chi connectivity index (χ1v) is 13.4. The number of rotatable bonds is 2. The molecule has 5 nitrogen and oxygen atoms in total. The van der Waals surface area contributed by atoms with Crippen LogP contribution in [0.15, 0.2) is 58.3 Å². The number of carbonyl (C=O) groups is 1. The zero-order valence-corrected chi connectivity index (χ0v) is 22.6. The third-order valence-corrected chi connectivity index (χ3v) is 7.93. The number of benzene rings is 3. The summed E-state index contributed by atoms with van der Waals surface area (Å²) in [4.78, 5) is 15.0. The maximum atomic E-state index is 13.4. The number of methoxy groups -OCH3 is 1. The first-order chi connectivity index (χ1) is 19.5. The monoisotopic (exact) mass is 637 g/mol. The zero-order chi connectivity index (χ0) is 31.0. The summed E-state index contributed by atoms with van der Waals surface area (Å²) in [6.45, 7) is 0. The normalized spacial score (nSPS) is 14.3. The summed E-state index contributed by atoms with van der Waals surface area (Å²) >= 11 is 2.58. The molecule has 2 aliphatic heterocycles. The average molecular weight is 638 g/mol. The van der Waals surface area contributed by atoms with Gasteiger partial charge in [0.25, 0.3) is 5.91 Å². The smallest absolute Gasteiger partial charge is 0.420 e. The van der Waals surface area contributed by atoms with Crippen LogP contribution in [0.3, 0.4) is 0 Å². The number of carbonyl (C=O) groups excluding carboxylic acids is 1. The number of hydrogen-bond donors (Lipinski definition) is 1. The number of nitrogens with zero attached hydrogens (tertiary/aromatic N) is 2. The molecule has 0 spiro atoms. The van der Waals surface area contributed by atoms with Crippen molar-refractivity contribution in [2.75, 3.05) is 29.1 Å². The largest absolute Gasteiger partial charge is 0.495 e. The number of anilines is 2. The van der Waals surface area contributed by atoms with E-state index in [4.69, 9.17) is 5.26 Å². The molecule has 3 aromatic rings. The maximum Gasteiger partial charge on any atom is 0.420 e. The van der Waals surface area contributed by atoms with Crippen LogP contribution in [-0.2, 0) is 18.5 Å². The van der Waals surface area contributed by atoms with Crippen LogP contribution in [0.25, 0.3) is 0 Å². The van der Waals surface area contributed by atoms with E-state index < -0.39 is 58.0 Å². The van der Waals surface area contributed by atoms with E-state index in [1.165, 1.54) is 23.9 Å². The van der Waals surface area contributed by atoms with E-state index >= 15 is 0 Å². The molecular formula is C26H16F9N3O2S2. The summed E-state index contributed by atoms with van der Waals surface area (Å²) in [7, 11) is 0.957. The standard InChI is InChI=1S/C18H10F6N2O2S.C8H6F3NS/c1-28-15-10(7-25)4-9(5-12(15)18(22,23)24)16(27)26-8-29-14-3-2-11(6-13(14)26)17(19,20)21;9-8(10,11)5-1-2-7-6(3-5)12-4-13-7/h2-6H,8H2,1H3;1-3,12H,4H2. The van der Waals surface area contributed by atoms with Crippen LogP contribution in [0, 0.1) is 11.3 Å². The van der Waals surface area contributed by atoms with Crippen molar-refractivity contribution in [3.8, 4) is 11.8 Å². The minimum atomic E-state index is -4.91. The SMILES string of the molecule is COc1c(C#N)cc(C(=O)N2CSc3ccc(C(F)(F)F)cc32)cc1C(F)(F)F.FC(F)(F)c1ccc2c(c1)NCS2. The Hall–Kier alpha value is -3.71. The van der Waals surface area contributed by atoms with Gasteiger partial charge in [0.2, 0.25) is 0 Å². The molecule has 16 heteroatoms. The fourth-order valence-electron chi connectivity index (χ4n) is 3.98. The van der Waals surface area contributed by atoms with Gasteiger partial charge < -0.3 is 10.1 Å². The van der Waals surface area contributed by atoms with Crippen molar-refractivity contribution in [1.82, 2.24) is 0 Å². The summed E-state index contributed by atoms with van der Waals surface area (Å²) in [6, 6.07) is 9.59. The van der Waals surface area contributed by atoms with E-state index in [0.717, 1.165) is 59.0 Å². The van der Waals surface area contributed by atoms with Crippen molar-refractivity contribution in [2.45, 2.75) is 28.3 Å². The number of ether oxygens (including phenoxy) is 1. The second-order valence-corrected chi connectivity index (χ2v) is 10.6. The molecule has 0 bridgehead atoms. The fourth-order valence-corrected chi connectivity index (χ4v) is 5.82. The molecule has 0 aromatic heterocycles. The van der Waals surface area contributed by atoms with Gasteiger partial charge in [0, 0.05) is 21.0 Å². The van der Waals surface area contributed by atoms with Crippen molar-refractivity contribution in [3.05, 3.63) is 76.3 Å². The summed E-state index contributed by atoms with van der Waals surface area (Å²) in [5, 5.41) is 12.0. The van der Waals surface area contributed by atoms with Gasteiger partial charge in [-0.05, 0) is 48.5 Å². The van der Waals surface area contributed by atoms with E-state index in [-0.39, 0.29) is 11.6 Å². The van der Waals surface area contributed by atoms with Crippen LogP contribution < -0.4 is 15.0 Å². The number of alkyl halides is 9. The Kier molecular flexibility index (Phi) is 8.57. The first kappa shape index (κ1) is 31.2. The number of nitrogens with one attached hydrogen (secondary N) is 1. The molecule has 0 unspecified atom stereocenters. The predicted molar refractivity (Wildman–Crippen MR) is 137 cm³/mol. The van der Waals surface area contributed by atoms with Crippen LogP contribution in [0.4, 0.5) is 50.9 Å². The van der Waals surface area contributed by atoms with E-state index in [2.05, 4.69) is 10.1 Å². The number of amides is 1. The number of thioether (sulfide) groups is 2. The number of hydrogen-bond acceptors (Lipinski definition) is 6. The summed E-state index contributed by atoms with van der Waals surface area (Å²) in [5.74, 6) is -1.12. The minimum absolute atomic E-state index is 0.0577. The third-order valence-electron chi connectivity index (χ3n) is 5.93. The van der Waals surface area contributed by atoms with Gasteiger partial charge in [0.1, 0.15) is 11.8 Å². The van der Waals surface area contributed by atoms with Crippen molar-refractivity contribution >= 4 is 40.8 Å². The Morgan fingerprint density at radius 2 is 1.50 bits per heavy atom. The Morgan fingerprint density at radius 1 is 0.881 bits per heavy atom. The van der Waals surface area contributed by atoms with Gasteiger partial charge in [0.15, 0.2) is 0 Å². The molecule has 0 saturated carbocycles. The Morgan fingerprint density at radius 3 is 2.07 bits per heavy atom. The average Bonchev–Trinajstić information content (AvgIpc) is 3.57. The Bertz CT molecular complexity index is 1560. The summed E-state index contributed by atoms with van der Waals surface area (Å²) in [6.07, 6.45) is -13.8. The molecule has 42 heavy (non-hydrogen) atoms. The maximum absolute atomic E-state index is 13.4. The van der Waals surface area contributed by atoms with E-state index in [1.54, 1.807) is 6.07 Å². The molecule has 0 atom stereocenters. The predicted octanol–water partition coefficient (Wildman–Crippen LogP) is 8.49. The molecule has 0 radical (unpaired) electrons. The highest BCUT2D eigenvalue weighted by molar-refractivity contribution is 8.00. The third kappa shape index (κ3) is 6.51. The molecular weight excluding hydrogens is 621 g/mol. The van der Waals surface area contributed by atoms with E-state index in [1.807, 2.05) is 0 Å². The number of fused-ring (bicyclic) bond motifs is 2. The fraction of sp³-hybridized carbons (Fsp3) is 0.231. The number of nitriles is 1. The number of halogens is 9. The minimum Gasteiger partial charge on any atom is -0.495 e. The summed E-state index contributed by atoms with van der Waals surface area (Å²) < 4.78 is 120.